The van der Waals surface area contributed by atoms with Crippen molar-refractivity contribution in [1.29, 1.82) is 0 Å². The molecule has 2 aromatic carbocycles. The molecular weight excluding hydrogens is 454 g/mol. The molecule has 2 N–H and O–H groups in total. The van der Waals surface area contributed by atoms with Crippen LogP contribution >= 0.6 is 0 Å². The maximum absolute atomic E-state index is 14.6. The van der Waals surface area contributed by atoms with E-state index in [2.05, 4.69) is 13.2 Å². The van der Waals surface area contributed by atoms with Crippen molar-refractivity contribution in [3.8, 4) is 0 Å². The molecule has 33 heavy (non-hydrogen) atoms. The standard InChI is InChI=1S/C23H18F6O4/c1-3-5-13-11-15(19(30)31)7-9-17(13)21(22(24,25)26,23(27,28)29)18-10-8-16(20(32)33)12-14(18)6-4-2/h3-4,7-12H,1-2,5-6H2,(H,30,31)(H,32,33). The van der Waals surface area contributed by atoms with Crippen LogP contribution in [0, 0.1) is 0 Å². The Kier molecular flexibility index (Phi) is 7.11. The molecule has 0 aliphatic heterocycles. The lowest BCUT2D eigenvalue weighted by Crippen LogP contribution is -2.55. The summed E-state index contributed by atoms with van der Waals surface area (Å²) in [5.74, 6) is -3.07. The number of hydrogen-bond donors (Lipinski definition) is 2. The molecule has 0 aliphatic carbocycles. The molecule has 0 aliphatic rings. The van der Waals surface area contributed by atoms with Gasteiger partial charge in [-0.1, -0.05) is 24.3 Å². The van der Waals surface area contributed by atoms with E-state index in [-0.39, 0.29) is 0 Å². The second kappa shape index (κ2) is 9.13. The summed E-state index contributed by atoms with van der Waals surface area (Å²) in [5, 5.41) is 18.3. The number of carboxylic acid groups (broad SMARTS) is 2. The van der Waals surface area contributed by atoms with Gasteiger partial charge in [0.05, 0.1) is 11.1 Å². The number of allylic oxidation sites excluding steroid dienone is 2. The number of carboxylic acids is 2. The number of halogens is 6. The summed E-state index contributed by atoms with van der Waals surface area (Å²) >= 11 is 0. The predicted molar refractivity (Wildman–Crippen MR) is 107 cm³/mol. The lowest BCUT2D eigenvalue weighted by atomic mass is 9.68. The second-order valence-corrected chi connectivity index (χ2v) is 7.09. The molecule has 2 aromatic rings. The zero-order chi connectivity index (χ0) is 25.2. The molecular formula is C23H18F6O4. The number of rotatable bonds is 8. The van der Waals surface area contributed by atoms with Crippen molar-refractivity contribution < 1.29 is 46.1 Å². The van der Waals surface area contributed by atoms with Crippen molar-refractivity contribution in [2.24, 2.45) is 0 Å². The Morgan fingerprint density at radius 3 is 1.30 bits per heavy atom. The van der Waals surface area contributed by atoms with E-state index in [4.69, 9.17) is 10.2 Å². The van der Waals surface area contributed by atoms with Crippen molar-refractivity contribution in [1.82, 2.24) is 0 Å². The average Bonchev–Trinajstić information content (AvgIpc) is 2.68. The van der Waals surface area contributed by atoms with Crippen LogP contribution in [0.4, 0.5) is 26.3 Å². The van der Waals surface area contributed by atoms with E-state index in [1.54, 1.807) is 0 Å². The van der Waals surface area contributed by atoms with Gasteiger partial charge in [-0.3, -0.25) is 0 Å². The third-order valence-corrected chi connectivity index (χ3v) is 5.09. The van der Waals surface area contributed by atoms with Crippen molar-refractivity contribution in [3.05, 3.63) is 95.1 Å². The van der Waals surface area contributed by atoms with Crippen molar-refractivity contribution in [2.75, 3.05) is 0 Å². The molecule has 0 unspecified atom stereocenters. The van der Waals surface area contributed by atoms with Gasteiger partial charge in [-0.05, 0) is 59.4 Å². The van der Waals surface area contributed by atoms with E-state index in [1.807, 2.05) is 0 Å². The molecule has 0 saturated heterocycles. The Bertz CT molecular complexity index is 1010. The number of alkyl halides is 6. The number of benzene rings is 2. The summed E-state index contributed by atoms with van der Waals surface area (Å²) in [6.45, 7) is 6.68. The van der Waals surface area contributed by atoms with Gasteiger partial charge < -0.3 is 10.2 Å². The van der Waals surface area contributed by atoms with Crippen LogP contribution in [0.3, 0.4) is 0 Å². The lowest BCUT2D eigenvalue weighted by molar-refractivity contribution is -0.289. The average molecular weight is 472 g/mol. The van der Waals surface area contributed by atoms with Gasteiger partial charge in [0.15, 0.2) is 0 Å². The number of carbonyl (C=O) groups is 2. The fourth-order valence-corrected chi connectivity index (χ4v) is 3.75. The second-order valence-electron chi connectivity index (χ2n) is 7.09. The van der Waals surface area contributed by atoms with Gasteiger partial charge in [-0.2, -0.15) is 26.3 Å². The summed E-state index contributed by atoms with van der Waals surface area (Å²) < 4.78 is 87.6. The first kappa shape index (κ1) is 25.7. The molecule has 0 radical (unpaired) electrons. The SMILES string of the molecule is C=CCc1cc(C(=O)O)ccc1C(c1ccc(C(=O)O)cc1CC=C)(C(F)(F)F)C(F)(F)F. The summed E-state index contributed by atoms with van der Waals surface area (Å²) in [5.41, 5.74) is -9.09. The Morgan fingerprint density at radius 2 is 1.06 bits per heavy atom. The van der Waals surface area contributed by atoms with Crippen LogP contribution in [0.2, 0.25) is 0 Å². The van der Waals surface area contributed by atoms with E-state index >= 15 is 0 Å². The summed E-state index contributed by atoms with van der Waals surface area (Å²) in [7, 11) is 0. The van der Waals surface area contributed by atoms with Crippen LogP contribution in [0.15, 0.2) is 61.7 Å². The van der Waals surface area contributed by atoms with E-state index in [1.165, 1.54) is 0 Å². The van der Waals surface area contributed by atoms with Gasteiger partial charge in [0, 0.05) is 0 Å². The van der Waals surface area contributed by atoms with E-state index < -0.39 is 75.9 Å². The third kappa shape index (κ3) is 4.50. The molecule has 0 amide bonds. The molecule has 0 bridgehead atoms. The molecule has 10 heteroatoms. The van der Waals surface area contributed by atoms with Gasteiger partial charge in [0.1, 0.15) is 0 Å². The molecule has 0 aromatic heterocycles. The quantitative estimate of drug-likeness (QED) is 0.368. The lowest BCUT2D eigenvalue weighted by Gasteiger charge is -2.40. The minimum absolute atomic E-state index is 0.478. The number of hydrogen-bond acceptors (Lipinski definition) is 2. The van der Waals surface area contributed by atoms with Crippen molar-refractivity contribution in [2.45, 2.75) is 30.6 Å². The van der Waals surface area contributed by atoms with Gasteiger partial charge in [-0.15, -0.1) is 13.2 Å². The van der Waals surface area contributed by atoms with Crippen LogP contribution in [0.25, 0.3) is 0 Å². The fourth-order valence-electron chi connectivity index (χ4n) is 3.75. The Morgan fingerprint density at radius 1 is 0.727 bits per heavy atom. The Labute approximate surface area is 184 Å². The highest BCUT2D eigenvalue weighted by Crippen LogP contribution is 2.58. The molecule has 0 atom stereocenters. The van der Waals surface area contributed by atoms with Crippen molar-refractivity contribution >= 4 is 11.9 Å². The van der Waals surface area contributed by atoms with Gasteiger partial charge in [0.2, 0.25) is 5.41 Å². The molecule has 0 heterocycles. The highest BCUT2D eigenvalue weighted by atomic mass is 19.4. The van der Waals surface area contributed by atoms with Crippen LogP contribution in [0.5, 0.6) is 0 Å². The van der Waals surface area contributed by atoms with E-state index in [9.17, 15) is 35.9 Å². The van der Waals surface area contributed by atoms with Crippen LogP contribution in [-0.2, 0) is 18.3 Å². The maximum Gasteiger partial charge on any atom is 0.411 e. The zero-order valence-corrected chi connectivity index (χ0v) is 16.9. The fraction of sp³-hybridized carbons (Fsp3) is 0.217. The minimum atomic E-state index is -5.94. The van der Waals surface area contributed by atoms with Crippen LogP contribution < -0.4 is 0 Å². The monoisotopic (exact) mass is 472 g/mol. The van der Waals surface area contributed by atoms with E-state index in [0.717, 1.165) is 24.3 Å². The predicted octanol–water partition coefficient (Wildman–Crippen LogP) is 5.95. The first-order valence-electron chi connectivity index (χ1n) is 9.31. The molecule has 2 rings (SSSR count). The summed E-state index contributed by atoms with van der Waals surface area (Å²) in [4.78, 5) is 22.6. The minimum Gasteiger partial charge on any atom is -0.478 e. The largest absolute Gasteiger partial charge is 0.478 e. The maximum atomic E-state index is 14.6. The zero-order valence-electron chi connectivity index (χ0n) is 16.9. The Balaban J connectivity index is 3.13. The smallest absolute Gasteiger partial charge is 0.411 e. The highest BCUT2D eigenvalue weighted by Gasteiger charge is 2.73. The van der Waals surface area contributed by atoms with Gasteiger partial charge in [-0.25, -0.2) is 9.59 Å². The molecule has 0 saturated carbocycles. The summed E-state index contributed by atoms with van der Waals surface area (Å²) in [6.07, 6.45) is -10.7. The normalized spacial score (nSPS) is 12.3. The highest BCUT2D eigenvalue weighted by molar-refractivity contribution is 5.89. The molecule has 0 spiro atoms. The van der Waals surface area contributed by atoms with Gasteiger partial charge in [0.25, 0.3) is 0 Å². The van der Waals surface area contributed by atoms with Crippen LogP contribution in [0.1, 0.15) is 43.0 Å². The first-order valence-corrected chi connectivity index (χ1v) is 9.31. The third-order valence-electron chi connectivity index (χ3n) is 5.09. The van der Waals surface area contributed by atoms with Crippen molar-refractivity contribution in [3.63, 3.8) is 0 Å². The molecule has 0 fully saturated rings. The number of aromatic carboxylic acids is 2. The molecule has 176 valence electrons. The van der Waals surface area contributed by atoms with Crippen LogP contribution in [-0.4, -0.2) is 34.5 Å². The van der Waals surface area contributed by atoms with E-state index in [0.29, 0.717) is 24.3 Å². The summed E-state index contributed by atoms with van der Waals surface area (Å²) in [6, 6.07) is 3.79. The topological polar surface area (TPSA) is 74.6 Å². The molecule has 4 nitrogen and oxygen atoms in total. The van der Waals surface area contributed by atoms with Gasteiger partial charge >= 0.3 is 24.3 Å². The first-order chi connectivity index (χ1) is 15.2. The Hall–Kier alpha value is -3.56.